The van der Waals surface area contributed by atoms with Crippen LogP contribution >= 0.6 is 15.9 Å². The average Bonchev–Trinajstić information content (AvgIpc) is 3.06. The molecule has 1 aromatic carbocycles. The third-order valence-electron chi connectivity index (χ3n) is 4.53. The van der Waals surface area contributed by atoms with E-state index in [0.29, 0.717) is 24.5 Å². The highest BCUT2D eigenvalue weighted by molar-refractivity contribution is 9.10. The van der Waals surface area contributed by atoms with E-state index in [4.69, 9.17) is 4.74 Å². The van der Waals surface area contributed by atoms with Crippen LogP contribution in [0, 0.1) is 0 Å². The van der Waals surface area contributed by atoms with Crippen molar-refractivity contribution in [3.8, 4) is 5.75 Å². The number of hydrogen-bond donors (Lipinski definition) is 3. The molecule has 1 aromatic heterocycles. The van der Waals surface area contributed by atoms with Gasteiger partial charge in [0, 0.05) is 31.4 Å². The van der Waals surface area contributed by atoms with Crippen LogP contribution in [0.5, 0.6) is 5.75 Å². The predicted molar refractivity (Wildman–Crippen MR) is 106 cm³/mol. The smallest absolute Gasteiger partial charge is 0.328 e. The van der Waals surface area contributed by atoms with Crippen molar-refractivity contribution in [3.05, 3.63) is 61.3 Å². The van der Waals surface area contributed by atoms with Gasteiger partial charge in [0.25, 0.3) is 11.5 Å². The summed E-state index contributed by atoms with van der Waals surface area (Å²) in [7, 11) is 1.82. The molecule has 0 bridgehead atoms. The van der Waals surface area contributed by atoms with Crippen LogP contribution in [-0.4, -0.2) is 64.9 Å². The molecule has 2 aromatic rings. The number of ether oxygens (including phenoxy) is 1. The van der Waals surface area contributed by atoms with Gasteiger partial charge >= 0.3 is 5.69 Å². The number of aromatic nitrogens is 2. The Hall–Kier alpha value is -2.43. The van der Waals surface area contributed by atoms with Gasteiger partial charge in [0.2, 0.25) is 0 Å². The van der Waals surface area contributed by atoms with Crippen LogP contribution in [0.1, 0.15) is 16.4 Å². The van der Waals surface area contributed by atoms with E-state index in [-0.39, 0.29) is 23.5 Å². The van der Waals surface area contributed by atoms with Crippen molar-refractivity contribution >= 4 is 21.8 Å². The van der Waals surface area contributed by atoms with Crippen LogP contribution in [0.4, 0.5) is 0 Å². The van der Waals surface area contributed by atoms with E-state index in [9.17, 15) is 19.5 Å². The lowest BCUT2D eigenvalue weighted by Gasteiger charge is -2.18. The van der Waals surface area contributed by atoms with Gasteiger partial charge < -0.3 is 20.1 Å². The van der Waals surface area contributed by atoms with Crippen molar-refractivity contribution in [1.82, 2.24) is 19.8 Å². The van der Waals surface area contributed by atoms with Crippen molar-refractivity contribution < 1.29 is 14.6 Å². The van der Waals surface area contributed by atoms with E-state index < -0.39 is 23.4 Å². The minimum Gasteiger partial charge on any atom is -0.492 e. The molecule has 0 radical (unpaired) electrons. The van der Waals surface area contributed by atoms with Gasteiger partial charge in [-0.05, 0) is 41.2 Å². The maximum absolute atomic E-state index is 12.9. The minimum atomic E-state index is -0.936. The molecule has 1 aliphatic rings. The van der Waals surface area contributed by atoms with E-state index in [1.54, 1.807) is 24.3 Å². The topological polar surface area (TPSA) is 117 Å². The number of likely N-dealkylation sites (N-methyl/N-ethyl adjacent to an activating group) is 1. The molecule has 10 heteroatoms. The first kappa shape index (κ1) is 20.3. The summed E-state index contributed by atoms with van der Waals surface area (Å²) in [6, 6.07) is 6.18. The molecular weight excluding hydrogens is 432 g/mol. The zero-order valence-electron chi connectivity index (χ0n) is 15.2. The first-order valence-electron chi connectivity index (χ1n) is 8.76. The average molecular weight is 453 g/mol. The van der Waals surface area contributed by atoms with Gasteiger partial charge in [0.1, 0.15) is 12.4 Å². The molecule has 1 amide bonds. The monoisotopic (exact) mass is 452 g/mol. The summed E-state index contributed by atoms with van der Waals surface area (Å²) >= 11 is 3.08. The van der Waals surface area contributed by atoms with Crippen LogP contribution in [-0.2, 0) is 0 Å². The summed E-state index contributed by atoms with van der Waals surface area (Å²) in [6.07, 6.45) is 0.397. The minimum absolute atomic E-state index is 0.0809. The molecule has 9 nitrogen and oxygen atoms in total. The number of aliphatic hydroxyl groups is 1. The molecule has 2 heterocycles. The molecule has 3 N–H and O–H groups in total. The second kappa shape index (κ2) is 8.72. The van der Waals surface area contributed by atoms with Gasteiger partial charge in [0.05, 0.1) is 16.6 Å². The van der Waals surface area contributed by atoms with E-state index in [1.165, 1.54) is 15.7 Å². The molecule has 0 unspecified atom stereocenters. The molecule has 0 aliphatic carbocycles. The zero-order chi connectivity index (χ0) is 20.3. The molecular formula is C18H21BrN4O5. The number of hydrogen-bond acceptors (Lipinski definition) is 6. The molecule has 150 valence electrons. The van der Waals surface area contributed by atoms with Crippen molar-refractivity contribution in [1.29, 1.82) is 0 Å². The molecule has 1 aliphatic heterocycles. The van der Waals surface area contributed by atoms with E-state index in [2.05, 4.69) is 26.2 Å². The molecule has 28 heavy (non-hydrogen) atoms. The maximum atomic E-state index is 12.9. The van der Waals surface area contributed by atoms with E-state index in [1.807, 2.05) is 7.05 Å². The number of β-amino-alcohol motifs (C(OH)–C–C–N with tert-alkyl or cyclic N) is 1. The van der Waals surface area contributed by atoms with Crippen LogP contribution in [0.25, 0.3) is 0 Å². The van der Waals surface area contributed by atoms with Gasteiger partial charge in [0.15, 0.2) is 0 Å². The number of nitrogens with one attached hydrogen (secondary N) is 2. The number of aromatic amines is 1. The summed E-state index contributed by atoms with van der Waals surface area (Å²) in [5.41, 5.74) is -0.743. The number of likely N-dealkylation sites (tertiary alicyclic amines) is 1. The van der Waals surface area contributed by atoms with Crippen molar-refractivity contribution in [2.75, 3.05) is 33.3 Å². The summed E-state index contributed by atoms with van der Waals surface area (Å²) in [5.74, 6) is 0.315. The fourth-order valence-corrected chi connectivity index (χ4v) is 3.41. The van der Waals surface area contributed by atoms with Gasteiger partial charge in [-0.2, -0.15) is 0 Å². The number of carbonyl (C=O) groups excluding carboxylic acids is 1. The number of rotatable bonds is 6. The lowest BCUT2D eigenvalue weighted by atomic mass is 10.2. The number of amides is 1. The Labute approximate surface area is 169 Å². The van der Waals surface area contributed by atoms with Gasteiger partial charge in [-0.15, -0.1) is 0 Å². The van der Waals surface area contributed by atoms with Crippen LogP contribution < -0.4 is 21.3 Å². The normalized spacial score (nSPS) is 19.0. The van der Waals surface area contributed by atoms with Crippen molar-refractivity contribution in [2.45, 2.75) is 12.1 Å². The maximum Gasteiger partial charge on any atom is 0.328 e. The second-order valence-electron chi connectivity index (χ2n) is 6.47. The quantitative estimate of drug-likeness (QED) is 0.529. The standard InChI is InChI=1S/C18H21BrN4O5/c1-20-5-6-28-12-4-2-3-11(7-12)17(26)22-9-14(15(24)10-22)23-8-13(19)16(25)21-18(23)27/h2-4,7-8,14-15,20,24H,5-6,9-10H2,1H3,(H,21,25,27)/t14-,15-/m0/s1. The molecule has 3 rings (SSSR count). The Morgan fingerprint density at radius 3 is 2.93 bits per heavy atom. The Morgan fingerprint density at radius 2 is 2.18 bits per heavy atom. The SMILES string of the molecule is CNCCOc1cccc(C(=O)N2C[C@H](O)[C@@H](n3cc(Br)c(=O)[nH]c3=O)C2)c1. The number of benzene rings is 1. The Morgan fingerprint density at radius 1 is 1.39 bits per heavy atom. The highest BCUT2D eigenvalue weighted by Crippen LogP contribution is 2.24. The highest BCUT2D eigenvalue weighted by atomic mass is 79.9. The van der Waals surface area contributed by atoms with E-state index in [0.717, 1.165) is 0 Å². The summed E-state index contributed by atoms with van der Waals surface area (Å²) in [5, 5.41) is 13.4. The van der Waals surface area contributed by atoms with Crippen LogP contribution in [0.3, 0.4) is 0 Å². The van der Waals surface area contributed by atoms with E-state index >= 15 is 0 Å². The first-order chi connectivity index (χ1) is 13.4. The summed E-state index contributed by atoms with van der Waals surface area (Å²) in [6.45, 7) is 1.38. The number of halogens is 1. The Balaban J connectivity index is 1.76. The first-order valence-corrected chi connectivity index (χ1v) is 9.55. The van der Waals surface area contributed by atoms with Crippen molar-refractivity contribution in [2.24, 2.45) is 0 Å². The molecule has 2 atom stereocenters. The molecule has 1 saturated heterocycles. The summed E-state index contributed by atoms with van der Waals surface area (Å²) < 4.78 is 7.00. The number of nitrogens with zero attached hydrogens (tertiary/aromatic N) is 2. The Kier molecular flexibility index (Phi) is 6.32. The Bertz CT molecular complexity index is 973. The lowest BCUT2D eigenvalue weighted by molar-refractivity contribution is 0.0764. The third kappa shape index (κ3) is 4.34. The van der Waals surface area contributed by atoms with Gasteiger partial charge in [-0.3, -0.25) is 19.1 Å². The highest BCUT2D eigenvalue weighted by Gasteiger charge is 2.36. The van der Waals surface area contributed by atoms with Crippen LogP contribution in [0.2, 0.25) is 0 Å². The number of carbonyl (C=O) groups is 1. The van der Waals surface area contributed by atoms with Gasteiger partial charge in [-0.1, -0.05) is 6.07 Å². The summed E-state index contributed by atoms with van der Waals surface area (Å²) in [4.78, 5) is 40.1. The van der Waals surface area contributed by atoms with Crippen molar-refractivity contribution in [3.63, 3.8) is 0 Å². The lowest BCUT2D eigenvalue weighted by Crippen LogP contribution is -2.36. The zero-order valence-corrected chi connectivity index (χ0v) is 16.8. The predicted octanol–water partition coefficient (Wildman–Crippen LogP) is -0.0447. The van der Waals surface area contributed by atoms with Gasteiger partial charge in [-0.25, -0.2) is 4.79 Å². The number of aliphatic hydroxyl groups excluding tert-OH is 1. The largest absolute Gasteiger partial charge is 0.492 e. The fraction of sp³-hybridized carbons (Fsp3) is 0.389. The molecule has 0 saturated carbocycles. The fourth-order valence-electron chi connectivity index (χ4n) is 3.09. The van der Waals surface area contributed by atoms with Crippen LogP contribution in [0.15, 0.2) is 44.5 Å². The molecule has 1 fully saturated rings. The second-order valence-corrected chi connectivity index (χ2v) is 7.32. The number of H-pyrrole nitrogens is 1. The third-order valence-corrected chi connectivity index (χ3v) is 5.09. The molecule has 0 spiro atoms.